The maximum atomic E-state index is 13.0. The molecule has 1 heterocycles. The minimum absolute atomic E-state index is 0.00163. The third-order valence-corrected chi connectivity index (χ3v) is 6.94. The van der Waals surface area contributed by atoms with Gasteiger partial charge in [0.1, 0.15) is 19.0 Å². The number of carbonyl (C=O) groups excluding carboxylic acids is 4. The van der Waals surface area contributed by atoms with E-state index in [1.165, 1.54) is 12.2 Å². The van der Waals surface area contributed by atoms with Gasteiger partial charge in [0.15, 0.2) is 9.04 Å². The Morgan fingerprint density at radius 2 is 1.66 bits per heavy atom. The predicted octanol–water partition coefficient (Wildman–Crippen LogP) is 2.45. The molecule has 0 spiro atoms. The van der Waals surface area contributed by atoms with Gasteiger partial charge in [0.25, 0.3) is 0 Å². The molecule has 0 aromatic rings. The van der Waals surface area contributed by atoms with E-state index in [0.717, 1.165) is 0 Å². The number of ether oxygens (including phenoxy) is 2. The lowest BCUT2D eigenvalue weighted by atomic mass is 9.63. The maximum Gasteiger partial charge on any atom is 0.407 e. The van der Waals surface area contributed by atoms with Crippen molar-refractivity contribution in [2.24, 2.45) is 11.3 Å². The van der Waals surface area contributed by atoms with Gasteiger partial charge in [0, 0.05) is 19.4 Å². The summed E-state index contributed by atoms with van der Waals surface area (Å²) >= 11 is 0. The second-order valence-corrected chi connectivity index (χ2v) is 12.4. The van der Waals surface area contributed by atoms with E-state index >= 15 is 0 Å². The molecule has 1 aliphatic rings. The normalized spacial score (nSPS) is 19.9. The first kappa shape index (κ1) is 30.4. The summed E-state index contributed by atoms with van der Waals surface area (Å²) in [4.78, 5) is 49.4. The molecule has 1 saturated heterocycles. The monoisotopic (exact) mass is 511 g/mol. The Kier molecular flexibility index (Phi) is 11.7. The highest BCUT2D eigenvalue weighted by atomic mass is 28.3. The number of ketones is 1. The van der Waals surface area contributed by atoms with Crippen molar-refractivity contribution in [3.63, 3.8) is 0 Å². The molecule has 0 aromatic heterocycles. The van der Waals surface area contributed by atoms with Gasteiger partial charge in [-0.1, -0.05) is 46.1 Å². The molecule has 10 nitrogen and oxygen atoms in total. The molecule has 4 atom stereocenters. The van der Waals surface area contributed by atoms with Crippen molar-refractivity contribution >= 4 is 32.9 Å². The molecule has 0 saturated carbocycles. The van der Waals surface area contributed by atoms with Crippen LogP contribution in [0.5, 0.6) is 0 Å². The first-order valence-electron chi connectivity index (χ1n) is 11.8. The van der Waals surface area contributed by atoms with Gasteiger partial charge >= 0.3 is 12.2 Å². The van der Waals surface area contributed by atoms with Crippen LogP contribution in [0.2, 0.25) is 13.1 Å². The summed E-state index contributed by atoms with van der Waals surface area (Å²) < 4.78 is 16.2. The van der Waals surface area contributed by atoms with Crippen molar-refractivity contribution in [1.29, 1.82) is 0 Å². The average Bonchev–Trinajstić information content (AvgIpc) is 2.72. The van der Waals surface area contributed by atoms with E-state index < -0.39 is 38.8 Å². The summed E-state index contributed by atoms with van der Waals surface area (Å²) in [5.41, 5.74) is -1.06. The molecular weight excluding hydrogens is 470 g/mol. The molecule has 0 radical (unpaired) electrons. The average molecular weight is 512 g/mol. The first-order chi connectivity index (χ1) is 16.2. The van der Waals surface area contributed by atoms with Gasteiger partial charge < -0.3 is 29.9 Å². The van der Waals surface area contributed by atoms with Crippen LogP contribution in [0, 0.1) is 11.3 Å². The van der Waals surface area contributed by atoms with E-state index in [1.807, 2.05) is 27.7 Å². The summed E-state index contributed by atoms with van der Waals surface area (Å²) in [6.45, 7) is 19.1. The Balaban J connectivity index is 2.88. The van der Waals surface area contributed by atoms with Gasteiger partial charge in [0.05, 0.1) is 23.6 Å². The lowest BCUT2D eigenvalue weighted by Gasteiger charge is -2.54. The number of hydrogen-bond acceptors (Lipinski definition) is 7. The number of alkyl carbamates (subject to hydrolysis) is 2. The third kappa shape index (κ3) is 9.13. The Morgan fingerprint density at radius 3 is 2.14 bits per heavy atom. The molecule has 0 aliphatic carbocycles. The Bertz CT molecular complexity index is 796. The van der Waals surface area contributed by atoms with Gasteiger partial charge in [-0.15, -0.1) is 0 Å². The molecule has 11 heteroatoms. The molecule has 0 unspecified atom stereocenters. The number of rotatable bonds is 14. The minimum Gasteiger partial charge on any atom is -0.445 e. The molecular formula is C24H41N3O7Si. The molecule has 1 fully saturated rings. The third-order valence-electron chi connectivity index (χ3n) is 5.98. The molecule has 1 rings (SSSR count). The van der Waals surface area contributed by atoms with E-state index in [0.29, 0.717) is 0 Å². The fraction of sp³-hybridized carbons (Fsp3) is 0.667. The van der Waals surface area contributed by atoms with Crippen molar-refractivity contribution in [1.82, 2.24) is 16.0 Å². The number of Topliss-reactive ketones (excluding diaryl/α,β-unsaturated/α-hetero) is 1. The smallest absolute Gasteiger partial charge is 0.407 e. The number of nitrogens with one attached hydrogen (secondary N) is 3. The van der Waals surface area contributed by atoms with E-state index in [2.05, 4.69) is 42.2 Å². The van der Waals surface area contributed by atoms with E-state index in [-0.39, 0.29) is 55.7 Å². The summed E-state index contributed by atoms with van der Waals surface area (Å²) in [5.74, 6) is -0.796. The zero-order chi connectivity index (χ0) is 26.8. The molecule has 198 valence electrons. The van der Waals surface area contributed by atoms with Gasteiger partial charge in [-0.3, -0.25) is 9.59 Å². The van der Waals surface area contributed by atoms with Crippen molar-refractivity contribution in [3.8, 4) is 0 Å². The SMILES string of the molecule is C=CCOC(=O)NC[C@H](CC(=O)C[C@H]1NC(=O)[C@@H]1[C@@](C)(O[SiH](C)C)C(C)(C)C)NC(=O)OCC=C. The molecule has 0 bridgehead atoms. The fourth-order valence-corrected chi connectivity index (χ4v) is 5.44. The van der Waals surface area contributed by atoms with Crippen LogP contribution in [-0.2, 0) is 23.5 Å². The van der Waals surface area contributed by atoms with Crippen LogP contribution in [0.25, 0.3) is 0 Å². The van der Waals surface area contributed by atoms with Crippen LogP contribution in [0.15, 0.2) is 25.3 Å². The number of carbonyl (C=O) groups is 4. The number of β-lactam (4-membered cyclic amide) rings is 1. The van der Waals surface area contributed by atoms with Gasteiger partial charge in [-0.05, 0) is 25.4 Å². The van der Waals surface area contributed by atoms with Crippen molar-refractivity contribution in [3.05, 3.63) is 25.3 Å². The summed E-state index contributed by atoms with van der Waals surface area (Å²) in [6.07, 6.45) is 1.40. The van der Waals surface area contributed by atoms with Crippen LogP contribution in [0.3, 0.4) is 0 Å². The topological polar surface area (TPSA) is 132 Å². The largest absolute Gasteiger partial charge is 0.445 e. The summed E-state index contributed by atoms with van der Waals surface area (Å²) in [5, 5.41) is 7.93. The Hall–Kier alpha value is -2.66. The van der Waals surface area contributed by atoms with Crippen LogP contribution in [-0.4, -0.2) is 70.4 Å². The zero-order valence-corrected chi connectivity index (χ0v) is 22.9. The van der Waals surface area contributed by atoms with Crippen LogP contribution in [0.1, 0.15) is 40.5 Å². The van der Waals surface area contributed by atoms with Gasteiger partial charge in [0.2, 0.25) is 5.91 Å². The second kappa shape index (κ2) is 13.4. The maximum absolute atomic E-state index is 13.0. The Morgan fingerprint density at radius 1 is 1.09 bits per heavy atom. The summed E-state index contributed by atoms with van der Waals surface area (Å²) in [7, 11) is -1.49. The number of hydrogen-bond donors (Lipinski definition) is 3. The highest BCUT2D eigenvalue weighted by Crippen LogP contribution is 2.45. The minimum atomic E-state index is -1.49. The quantitative estimate of drug-likeness (QED) is 0.185. The van der Waals surface area contributed by atoms with Gasteiger partial charge in [-0.25, -0.2) is 9.59 Å². The standard InChI is InChI=1S/C24H41N3O7Si/c1-9-11-32-21(30)25-15-16(26-22(31)33-12-10-2)13-17(28)14-18-19(20(29)27-18)24(6,23(3,4)5)34-35(7)8/h9-10,16,18-19,35H,1-2,11-15H2,3-8H3,(H,25,30)(H,26,31)(H,27,29)/t16-,18+,19+,24+/m0/s1. The van der Waals surface area contributed by atoms with Crippen molar-refractivity contribution in [2.75, 3.05) is 19.8 Å². The number of amides is 3. The highest BCUT2D eigenvalue weighted by molar-refractivity contribution is 6.48. The second-order valence-electron chi connectivity index (χ2n) is 10.1. The van der Waals surface area contributed by atoms with Crippen molar-refractivity contribution < 1.29 is 33.1 Å². The van der Waals surface area contributed by atoms with Gasteiger partial charge in [-0.2, -0.15) is 0 Å². The highest BCUT2D eigenvalue weighted by Gasteiger charge is 2.57. The molecule has 1 aliphatic heterocycles. The van der Waals surface area contributed by atoms with E-state index in [9.17, 15) is 19.2 Å². The van der Waals surface area contributed by atoms with E-state index in [4.69, 9.17) is 13.9 Å². The lowest BCUT2D eigenvalue weighted by Crippen LogP contribution is -2.70. The molecule has 3 amide bonds. The van der Waals surface area contributed by atoms with E-state index in [1.54, 1.807) is 0 Å². The Labute approximate surface area is 209 Å². The zero-order valence-electron chi connectivity index (χ0n) is 21.8. The van der Waals surface area contributed by atoms with Crippen LogP contribution in [0.4, 0.5) is 9.59 Å². The summed E-state index contributed by atoms with van der Waals surface area (Å²) in [6, 6.07) is -1.12. The molecule has 0 aromatic carbocycles. The van der Waals surface area contributed by atoms with Crippen molar-refractivity contribution in [2.45, 2.75) is 71.3 Å². The first-order valence-corrected chi connectivity index (χ1v) is 14.6. The predicted molar refractivity (Wildman–Crippen MR) is 136 cm³/mol. The lowest BCUT2D eigenvalue weighted by molar-refractivity contribution is -0.160. The molecule has 3 N–H and O–H groups in total. The fourth-order valence-electron chi connectivity index (χ4n) is 3.96. The van der Waals surface area contributed by atoms with Crippen LogP contribution >= 0.6 is 0 Å². The molecule has 35 heavy (non-hydrogen) atoms. The van der Waals surface area contributed by atoms with Crippen LogP contribution < -0.4 is 16.0 Å².